The number of ether oxygens (including phenoxy) is 1. The quantitative estimate of drug-likeness (QED) is 0.604. The molecule has 3 rings (SSSR count). The highest BCUT2D eigenvalue weighted by molar-refractivity contribution is 7.12. The molecule has 0 spiro atoms. The highest BCUT2D eigenvalue weighted by atomic mass is 32.1. The van der Waals surface area contributed by atoms with Crippen molar-refractivity contribution in [2.45, 2.75) is 20.4 Å². The van der Waals surface area contributed by atoms with E-state index < -0.39 is 0 Å². The van der Waals surface area contributed by atoms with E-state index in [4.69, 9.17) is 9.26 Å². The second-order valence-corrected chi connectivity index (χ2v) is 7.39. The maximum Gasteiger partial charge on any atom is 0.264 e. The molecule has 136 valence electrons. The normalized spacial score (nSPS) is 10.9. The highest BCUT2D eigenvalue weighted by Crippen LogP contribution is 2.30. The molecule has 2 aromatic heterocycles. The molecule has 0 radical (unpaired) electrons. The fourth-order valence-electron chi connectivity index (χ4n) is 2.77. The van der Waals surface area contributed by atoms with Crippen molar-refractivity contribution >= 4 is 17.2 Å². The van der Waals surface area contributed by atoms with Crippen molar-refractivity contribution in [2.75, 3.05) is 13.7 Å². The van der Waals surface area contributed by atoms with Gasteiger partial charge in [-0.15, -0.1) is 11.3 Å². The second-order valence-electron chi connectivity index (χ2n) is 6.44. The van der Waals surface area contributed by atoms with Crippen LogP contribution in [0.5, 0.6) is 5.75 Å². The second kappa shape index (κ2) is 8.19. The fraction of sp³-hybridized carbons (Fsp3) is 0.300. The van der Waals surface area contributed by atoms with Crippen LogP contribution >= 0.6 is 11.3 Å². The number of hydrogen-bond acceptors (Lipinski definition) is 5. The predicted octanol–water partition coefficient (Wildman–Crippen LogP) is 4.71. The van der Waals surface area contributed by atoms with Gasteiger partial charge in [-0.3, -0.25) is 4.79 Å². The highest BCUT2D eigenvalue weighted by Gasteiger charge is 2.20. The van der Waals surface area contributed by atoms with Gasteiger partial charge in [-0.05, 0) is 29.5 Å². The van der Waals surface area contributed by atoms with Gasteiger partial charge in [0.05, 0.1) is 24.1 Å². The maximum absolute atomic E-state index is 12.8. The Morgan fingerprint density at radius 1 is 1.27 bits per heavy atom. The van der Waals surface area contributed by atoms with E-state index in [1.165, 1.54) is 11.3 Å². The Morgan fingerprint density at radius 3 is 2.77 bits per heavy atom. The lowest BCUT2D eigenvalue weighted by molar-refractivity contribution is 0.0723. The Balaban J connectivity index is 1.82. The Bertz CT molecular complexity index is 856. The van der Waals surface area contributed by atoms with Gasteiger partial charge in [0.2, 0.25) is 0 Å². The summed E-state index contributed by atoms with van der Waals surface area (Å²) in [6.07, 6.45) is 0. The summed E-state index contributed by atoms with van der Waals surface area (Å²) in [6, 6.07) is 13.2. The molecular formula is C20H22N2O3S. The third kappa shape index (κ3) is 4.14. The van der Waals surface area contributed by atoms with Gasteiger partial charge in [0.1, 0.15) is 11.4 Å². The number of nitrogens with zero attached hydrogens (tertiary/aromatic N) is 2. The molecule has 3 aromatic rings. The first-order chi connectivity index (χ1) is 12.6. The zero-order valence-corrected chi connectivity index (χ0v) is 16.0. The summed E-state index contributed by atoms with van der Waals surface area (Å²) < 4.78 is 10.9. The summed E-state index contributed by atoms with van der Waals surface area (Å²) in [5, 5.41) is 6.07. The first-order valence-electron chi connectivity index (χ1n) is 8.50. The van der Waals surface area contributed by atoms with Gasteiger partial charge in [-0.2, -0.15) is 0 Å². The zero-order valence-electron chi connectivity index (χ0n) is 15.1. The van der Waals surface area contributed by atoms with Crippen LogP contribution in [0.15, 0.2) is 52.4 Å². The molecule has 0 atom stereocenters. The summed E-state index contributed by atoms with van der Waals surface area (Å²) in [5.74, 6) is 1.74. The Kier molecular flexibility index (Phi) is 5.73. The lowest BCUT2D eigenvalue weighted by Crippen LogP contribution is -2.33. The molecule has 0 saturated carbocycles. The molecule has 2 heterocycles. The van der Waals surface area contributed by atoms with Crippen LogP contribution in [0.1, 0.15) is 29.2 Å². The average Bonchev–Trinajstić information content (AvgIpc) is 3.32. The fourth-order valence-corrected chi connectivity index (χ4v) is 3.46. The molecule has 0 N–H and O–H groups in total. The van der Waals surface area contributed by atoms with Crippen LogP contribution in [-0.2, 0) is 6.54 Å². The third-order valence-electron chi connectivity index (χ3n) is 3.89. The molecule has 1 amide bonds. The van der Waals surface area contributed by atoms with Gasteiger partial charge in [-0.1, -0.05) is 37.2 Å². The molecular weight excluding hydrogens is 348 g/mol. The summed E-state index contributed by atoms with van der Waals surface area (Å²) in [4.78, 5) is 15.3. The monoisotopic (exact) mass is 370 g/mol. The zero-order chi connectivity index (χ0) is 18.5. The lowest BCUT2D eigenvalue weighted by atomic mass is 10.1. The van der Waals surface area contributed by atoms with Crippen LogP contribution in [-0.4, -0.2) is 29.6 Å². The van der Waals surface area contributed by atoms with Crippen LogP contribution in [0, 0.1) is 5.92 Å². The summed E-state index contributed by atoms with van der Waals surface area (Å²) >= 11 is 1.45. The molecule has 5 nitrogen and oxygen atoms in total. The number of para-hydroxylation sites is 1. The van der Waals surface area contributed by atoms with E-state index in [2.05, 4.69) is 19.0 Å². The third-order valence-corrected chi connectivity index (χ3v) is 4.75. The van der Waals surface area contributed by atoms with Crippen LogP contribution in [0.3, 0.4) is 0 Å². The van der Waals surface area contributed by atoms with Gasteiger partial charge in [0.15, 0.2) is 5.76 Å². The van der Waals surface area contributed by atoms with Gasteiger partial charge in [-0.25, -0.2) is 0 Å². The van der Waals surface area contributed by atoms with Crippen molar-refractivity contribution in [1.82, 2.24) is 10.1 Å². The van der Waals surface area contributed by atoms with Crippen molar-refractivity contribution in [2.24, 2.45) is 5.92 Å². The molecule has 6 heteroatoms. The van der Waals surface area contributed by atoms with Gasteiger partial charge < -0.3 is 14.2 Å². The maximum atomic E-state index is 12.8. The van der Waals surface area contributed by atoms with E-state index >= 15 is 0 Å². The number of carbonyl (C=O) groups is 1. The van der Waals surface area contributed by atoms with Crippen molar-refractivity contribution in [3.05, 3.63) is 58.4 Å². The standard InChI is InChI=1S/C20H22N2O3S/c1-14(2)12-22(20(23)19-9-6-10-26-19)13-15-11-18(25-21-15)16-7-4-5-8-17(16)24-3/h4-11,14H,12-13H2,1-3H3. The molecule has 0 saturated heterocycles. The number of hydrogen-bond donors (Lipinski definition) is 0. The van der Waals surface area contributed by atoms with E-state index in [0.717, 1.165) is 21.9 Å². The topological polar surface area (TPSA) is 55.6 Å². The molecule has 1 aromatic carbocycles. The molecule has 0 fully saturated rings. The van der Waals surface area contributed by atoms with Crippen LogP contribution < -0.4 is 4.74 Å². The number of thiophene rings is 1. The number of rotatable bonds is 7. The first kappa shape index (κ1) is 18.2. The Labute approximate surface area is 157 Å². The number of carbonyl (C=O) groups excluding carboxylic acids is 1. The molecule has 0 unspecified atom stereocenters. The molecule has 0 bridgehead atoms. The van der Waals surface area contributed by atoms with E-state index in [-0.39, 0.29) is 5.91 Å². The van der Waals surface area contributed by atoms with E-state index in [0.29, 0.717) is 24.8 Å². The Morgan fingerprint density at radius 2 is 2.08 bits per heavy atom. The largest absolute Gasteiger partial charge is 0.496 e. The summed E-state index contributed by atoms with van der Waals surface area (Å²) in [5.41, 5.74) is 1.56. The van der Waals surface area contributed by atoms with Gasteiger partial charge in [0.25, 0.3) is 5.91 Å². The molecule has 0 aliphatic carbocycles. The van der Waals surface area contributed by atoms with Crippen LogP contribution in [0.25, 0.3) is 11.3 Å². The first-order valence-corrected chi connectivity index (χ1v) is 9.38. The van der Waals surface area contributed by atoms with E-state index in [1.807, 2.05) is 52.7 Å². The lowest BCUT2D eigenvalue weighted by Gasteiger charge is -2.23. The number of benzene rings is 1. The predicted molar refractivity (Wildman–Crippen MR) is 102 cm³/mol. The van der Waals surface area contributed by atoms with E-state index in [9.17, 15) is 4.79 Å². The summed E-state index contributed by atoms with van der Waals surface area (Å²) in [6.45, 7) is 5.26. The van der Waals surface area contributed by atoms with Gasteiger partial charge >= 0.3 is 0 Å². The molecule has 26 heavy (non-hydrogen) atoms. The molecule has 0 aliphatic rings. The van der Waals surface area contributed by atoms with Crippen molar-refractivity contribution in [1.29, 1.82) is 0 Å². The summed E-state index contributed by atoms with van der Waals surface area (Å²) in [7, 11) is 1.63. The van der Waals surface area contributed by atoms with Crippen molar-refractivity contribution in [3.8, 4) is 17.1 Å². The smallest absolute Gasteiger partial charge is 0.264 e. The number of amides is 1. The van der Waals surface area contributed by atoms with E-state index in [1.54, 1.807) is 7.11 Å². The minimum atomic E-state index is 0.0236. The van der Waals surface area contributed by atoms with Crippen molar-refractivity contribution in [3.63, 3.8) is 0 Å². The van der Waals surface area contributed by atoms with Crippen LogP contribution in [0.2, 0.25) is 0 Å². The van der Waals surface area contributed by atoms with Crippen molar-refractivity contribution < 1.29 is 14.1 Å². The molecule has 0 aliphatic heterocycles. The number of aromatic nitrogens is 1. The number of methoxy groups -OCH3 is 1. The Hall–Kier alpha value is -2.60. The minimum absolute atomic E-state index is 0.0236. The minimum Gasteiger partial charge on any atom is -0.496 e. The van der Waals surface area contributed by atoms with Gasteiger partial charge in [0, 0.05) is 12.6 Å². The SMILES string of the molecule is COc1ccccc1-c1cc(CN(CC(C)C)C(=O)c2cccs2)no1. The van der Waals surface area contributed by atoms with Crippen LogP contribution in [0.4, 0.5) is 0 Å². The average molecular weight is 370 g/mol.